The lowest BCUT2D eigenvalue weighted by molar-refractivity contribution is -0.101. The number of carbonyl (C=O) groups is 1. The third-order valence-electron chi connectivity index (χ3n) is 2.43. The van der Waals surface area contributed by atoms with Gasteiger partial charge in [-0.3, -0.25) is 0 Å². The van der Waals surface area contributed by atoms with E-state index in [1.807, 2.05) is 0 Å². The number of hydrogen-bond donors (Lipinski definition) is 0. The molecule has 3 nitrogen and oxygen atoms in total. The Balaban J connectivity index is 4.25. The molecule has 0 rings (SSSR count). The van der Waals surface area contributed by atoms with Crippen molar-refractivity contribution in [1.29, 1.82) is 0 Å². The lowest BCUT2D eigenvalue weighted by Gasteiger charge is -2.25. The Morgan fingerprint density at radius 3 is 2.24 bits per heavy atom. The van der Waals surface area contributed by atoms with Gasteiger partial charge in [-0.05, 0) is 13.8 Å². The summed E-state index contributed by atoms with van der Waals surface area (Å²) in [4.78, 5) is 12.7. The second-order valence-electron chi connectivity index (χ2n) is 3.63. The minimum Gasteiger partial charge on any atom is -0.449 e. The maximum absolute atomic E-state index is 13.0. The van der Waals surface area contributed by atoms with Gasteiger partial charge in [0.15, 0.2) is 0 Å². The van der Waals surface area contributed by atoms with Crippen molar-refractivity contribution in [3.05, 3.63) is 0 Å². The summed E-state index contributed by atoms with van der Waals surface area (Å²) in [7, 11) is 0. The smallest absolute Gasteiger partial charge is 0.409 e. The molecule has 0 aromatic heterocycles. The van der Waals surface area contributed by atoms with E-state index in [4.69, 9.17) is 11.6 Å². The predicted molar refractivity (Wildman–Crippen MR) is 59.1 cm³/mol. The van der Waals surface area contributed by atoms with Crippen LogP contribution in [0.1, 0.15) is 20.8 Å². The van der Waals surface area contributed by atoms with Crippen molar-refractivity contribution in [2.45, 2.75) is 32.3 Å². The summed E-state index contributed by atoms with van der Waals surface area (Å²) in [6.45, 7) is 4.81. The topological polar surface area (TPSA) is 29.5 Å². The van der Waals surface area contributed by atoms with Gasteiger partial charge in [0.1, 0.15) is 6.61 Å². The van der Waals surface area contributed by atoms with Crippen molar-refractivity contribution in [1.82, 2.24) is 4.90 Å². The number of ether oxygens (including phenoxy) is 1. The average Bonchev–Trinajstić information content (AvgIpc) is 2.27. The quantitative estimate of drug-likeness (QED) is 0.696. The van der Waals surface area contributed by atoms with Crippen LogP contribution in [0.5, 0.6) is 0 Å². The first-order valence-electron chi connectivity index (χ1n) is 5.34. The fourth-order valence-corrected chi connectivity index (χ4v) is 1.31. The van der Waals surface area contributed by atoms with Crippen molar-refractivity contribution in [2.24, 2.45) is 5.92 Å². The fraction of sp³-hybridized carbons (Fsp3) is 0.900. The first-order valence-corrected chi connectivity index (χ1v) is 5.78. The number of alkyl halides is 4. The summed E-state index contributed by atoms with van der Waals surface area (Å²) in [5.41, 5.74) is -2.79. The number of hydrogen-bond acceptors (Lipinski definition) is 2. The van der Waals surface area contributed by atoms with Crippen LogP contribution >= 0.6 is 11.6 Å². The Labute approximate surface area is 104 Å². The highest BCUT2D eigenvalue weighted by atomic mass is 35.5. The van der Waals surface area contributed by atoms with E-state index in [9.17, 15) is 18.0 Å². The molecule has 0 N–H and O–H groups in total. The van der Waals surface area contributed by atoms with Crippen LogP contribution in [0, 0.1) is 5.92 Å². The highest BCUT2D eigenvalue weighted by Crippen LogP contribution is 2.32. The van der Waals surface area contributed by atoms with E-state index in [1.54, 1.807) is 13.8 Å². The highest BCUT2D eigenvalue weighted by Gasteiger charge is 2.45. The maximum atomic E-state index is 13.0. The largest absolute Gasteiger partial charge is 0.449 e. The lowest BCUT2D eigenvalue weighted by atomic mass is 10.1. The molecule has 7 heteroatoms. The zero-order chi connectivity index (χ0) is 13.6. The molecule has 0 fully saturated rings. The van der Waals surface area contributed by atoms with Gasteiger partial charge in [-0.25, -0.2) is 18.0 Å². The van der Waals surface area contributed by atoms with Crippen LogP contribution < -0.4 is 0 Å². The predicted octanol–water partition coefficient (Wildman–Crippen LogP) is 3.27. The van der Waals surface area contributed by atoms with Gasteiger partial charge >= 0.3 is 6.09 Å². The van der Waals surface area contributed by atoms with E-state index in [0.717, 1.165) is 6.92 Å². The van der Waals surface area contributed by atoms with Crippen molar-refractivity contribution in [3.63, 3.8) is 0 Å². The Morgan fingerprint density at radius 1 is 1.41 bits per heavy atom. The Morgan fingerprint density at radius 2 is 1.88 bits per heavy atom. The maximum Gasteiger partial charge on any atom is 0.409 e. The molecule has 102 valence electrons. The summed E-state index contributed by atoms with van der Waals surface area (Å²) in [6, 6.07) is 0. The van der Waals surface area contributed by atoms with Gasteiger partial charge in [-0.1, -0.05) is 18.5 Å². The van der Waals surface area contributed by atoms with Crippen LogP contribution in [-0.4, -0.2) is 42.2 Å². The van der Waals surface area contributed by atoms with Crippen LogP contribution in [0.4, 0.5) is 18.0 Å². The molecule has 0 aliphatic carbocycles. The van der Waals surface area contributed by atoms with Gasteiger partial charge in [0.05, 0.1) is 5.92 Å². The van der Waals surface area contributed by atoms with Crippen LogP contribution in [0.25, 0.3) is 0 Å². The first-order chi connectivity index (χ1) is 7.77. The van der Waals surface area contributed by atoms with E-state index >= 15 is 0 Å². The van der Waals surface area contributed by atoms with E-state index in [0.29, 0.717) is 13.1 Å². The standard InChI is InChI=1S/C10H17ClF3NO2/c1-4-15(5-2)9(16)17-6-7(3)10(13,14)8(11)12/h7-8H,4-6H2,1-3H3. The second kappa shape index (κ2) is 6.93. The van der Waals surface area contributed by atoms with E-state index in [1.165, 1.54) is 4.90 Å². The third-order valence-corrected chi connectivity index (χ3v) is 2.72. The number of carbonyl (C=O) groups excluding carboxylic acids is 1. The molecule has 0 aliphatic rings. The molecular formula is C10H17ClF3NO2. The van der Waals surface area contributed by atoms with Crippen LogP contribution in [0.3, 0.4) is 0 Å². The molecule has 0 heterocycles. The highest BCUT2D eigenvalue weighted by molar-refractivity contribution is 6.20. The summed E-state index contributed by atoms with van der Waals surface area (Å²) in [5, 5.41) is 0. The number of amides is 1. The van der Waals surface area contributed by atoms with Gasteiger partial charge in [-0.2, -0.15) is 0 Å². The normalized spacial score (nSPS) is 15.2. The molecule has 0 saturated carbocycles. The molecule has 2 unspecified atom stereocenters. The summed E-state index contributed by atoms with van der Waals surface area (Å²) < 4.78 is 43.2. The van der Waals surface area contributed by atoms with Crippen molar-refractivity contribution < 1.29 is 22.7 Å². The van der Waals surface area contributed by atoms with E-state index in [-0.39, 0.29) is 0 Å². The second-order valence-corrected chi connectivity index (χ2v) is 4.01. The minimum atomic E-state index is -3.72. The van der Waals surface area contributed by atoms with Crippen molar-refractivity contribution in [3.8, 4) is 0 Å². The first kappa shape index (κ1) is 16.4. The van der Waals surface area contributed by atoms with Gasteiger partial charge < -0.3 is 9.64 Å². The molecule has 0 spiro atoms. The van der Waals surface area contributed by atoms with Crippen molar-refractivity contribution >= 4 is 17.7 Å². The molecule has 0 radical (unpaired) electrons. The zero-order valence-corrected chi connectivity index (χ0v) is 10.8. The van der Waals surface area contributed by atoms with E-state index in [2.05, 4.69) is 4.74 Å². The van der Waals surface area contributed by atoms with Crippen molar-refractivity contribution in [2.75, 3.05) is 19.7 Å². The van der Waals surface area contributed by atoms with Crippen LogP contribution in [0.2, 0.25) is 0 Å². The third kappa shape index (κ3) is 4.61. The van der Waals surface area contributed by atoms with Gasteiger partial charge in [0.25, 0.3) is 5.92 Å². The molecular weight excluding hydrogens is 259 g/mol. The Hall–Kier alpha value is -0.650. The number of nitrogens with zero attached hydrogens (tertiary/aromatic N) is 1. The SMILES string of the molecule is CCN(CC)C(=O)OCC(C)C(F)(F)C(F)Cl. The van der Waals surface area contributed by atoms with Gasteiger partial charge in [0, 0.05) is 13.1 Å². The monoisotopic (exact) mass is 275 g/mol. The summed E-state index contributed by atoms with van der Waals surface area (Å²) >= 11 is 4.73. The number of rotatable bonds is 6. The molecule has 17 heavy (non-hydrogen) atoms. The molecule has 1 amide bonds. The molecule has 0 aliphatic heterocycles. The van der Waals surface area contributed by atoms with Gasteiger partial charge in [-0.15, -0.1) is 0 Å². The van der Waals surface area contributed by atoms with E-state index < -0.39 is 30.2 Å². The molecule has 0 bridgehead atoms. The summed E-state index contributed by atoms with van der Waals surface area (Å²) in [5.74, 6) is -5.19. The van der Waals surface area contributed by atoms with Gasteiger partial charge in [0.2, 0.25) is 5.63 Å². The Bertz CT molecular complexity index is 248. The molecule has 0 saturated heterocycles. The fourth-order valence-electron chi connectivity index (χ4n) is 1.10. The van der Waals surface area contributed by atoms with Crippen LogP contribution in [0.15, 0.2) is 0 Å². The molecule has 0 aromatic rings. The minimum absolute atomic E-state index is 0.418. The summed E-state index contributed by atoms with van der Waals surface area (Å²) in [6.07, 6.45) is -0.692. The number of halogens is 4. The molecule has 0 aromatic carbocycles. The van der Waals surface area contributed by atoms with Crippen LogP contribution in [-0.2, 0) is 4.74 Å². The average molecular weight is 276 g/mol. The zero-order valence-electron chi connectivity index (χ0n) is 10.1. The molecule has 2 atom stereocenters. The Kier molecular flexibility index (Phi) is 6.67. The lowest BCUT2D eigenvalue weighted by Crippen LogP contribution is -2.39.